The van der Waals surface area contributed by atoms with E-state index >= 15 is 0 Å². The van der Waals surface area contributed by atoms with Gasteiger partial charge in [0.2, 0.25) is 0 Å². The van der Waals surface area contributed by atoms with E-state index in [0.29, 0.717) is 17.9 Å². The highest BCUT2D eigenvalue weighted by atomic mass is 16.5. The molecule has 2 rings (SSSR count). The second kappa shape index (κ2) is 3.29. The number of methoxy groups -OCH3 is 1. The quantitative estimate of drug-likeness (QED) is 0.615. The second-order valence-corrected chi connectivity index (χ2v) is 4.38. The van der Waals surface area contributed by atoms with Gasteiger partial charge < -0.3 is 10.5 Å². The first-order valence-corrected chi connectivity index (χ1v) is 5.05. The Kier molecular flexibility index (Phi) is 2.28. The molecular weight excluding hydrogens is 166 g/mol. The molecule has 0 aromatic rings. The summed E-state index contributed by atoms with van der Waals surface area (Å²) in [7, 11) is 1.48. The van der Waals surface area contributed by atoms with Crippen LogP contribution in [0.15, 0.2) is 0 Å². The summed E-state index contributed by atoms with van der Waals surface area (Å²) in [5, 5.41) is 0. The summed E-state index contributed by atoms with van der Waals surface area (Å²) in [6.07, 6.45) is 4.35. The Morgan fingerprint density at radius 2 is 1.85 bits per heavy atom. The topological polar surface area (TPSA) is 52.3 Å². The number of hydrogen-bond acceptors (Lipinski definition) is 3. The lowest BCUT2D eigenvalue weighted by molar-refractivity contribution is -0.149. The van der Waals surface area contributed by atoms with Crippen LogP contribution in [0.25, 0.3) is 0 Å². The van der Waals surface area contributed by atoms with Crippen LogP contribution in [0.2, 0.25) is 0 Å². The number of carbonyl (C=O) groups is 1. The molecule has 0 aliphatic heterocycles. The summed E-state index contributed by atoms with van der Waals surface area (Å²) < 4.78 is 4.83. The van der Waals surface area contributed by atoms with Crippen molar-refractivity contribution >= 4 is 5.97 Å². The molecule has 2 aliphatic rings. The van der Waals surface area contributed by atoms with Crippen LogP contribution >= 0.6 is 0 Å². The highest BCUT2D eigenvalue weighted by Crippen LogP contribution is 2.46. The van der Waals surface area contributed by atoms with Crippen molar-refractivity contribution in [3.05, 3.63) is 0 Å². The van der Waals surface area contributed by atoms with Crippen molar-refractivity contribution < 1.29 is 9.53 Å². The van der Waals surface area contributed by atoms with Crippen LogP contribution in [0.5, 0.6) is 0 Å². The van der Waals surface area contributed by atoms with Crippen LogP contribution in [0.3, 0.4) is 0 Å². The number of carbonyl (C=O) groups excluding carboxylic acids is 1. The minimum atomic E-state index is -0.0144. The van der Waals surface area contributed by atoms with Gasteiger partial charge in [-0.05, 0) is 37.5 Å². The van der Waals surface area contributed by atoms with Gasteiger partial charge in [-0.1, -0.05) is 0 Å². The van der Waals surface area contributed by atoms with E-state index in [-0.39, 0.29) is 11.9 Å². The van der Waals surface area contributed by atoms with Gasteiger partial charge in [0.05, 0.1) is 13.0 Å². The zero-order valence-electron chi connectivity index (χ0n) is 8.03. The first kappa shape index (κ1) is 9.00. The molecule has 3 nitrogen and oxygen atoms in total. The van der Waals surface area contributed by atoms with E-state index in [0.717, 1.165) is 25.7 Å². The standard InChI is InChI=1S/C10H17NO2/c1-13-10(12)9-6-2-3-7(9)5-8(11)4-6/h6-9H,2-5,11H2,1H3. The first-order valence-electron chi connectivity index (χ1n) is 5.05. The third kappa shape index (κ3) is 1.46. The minimum absolute atomic E-state index is 0.0144. The summed E-state index contributed by atoms with van der Waals surface area (Å²) in [4.78, 5) is 11.5. The molecule has 0 saturated heterocycles. The molecular formula is C10H17NO2. The van der Waals surface area contributed by atoms with Gasteiger partial charge in [-0.15, -0.1) is 0 Å². The second-order valence-electron chi connectivity index (χ2n) is 4.38. The van der Waals surface area contributed by atoms with Gasteiger partial charge in [-0.3, -0.25) is 4.79 Å². The molecule has 2 aliphatic carbocycles. The molecule has 0 spiro atoms. The van der Waals surface area contributed by atoms with Crippen LogP contribution in [0, 0.1) is 17.8 Å². The highest BCUT2D eigenvalue weighted by Gasteiger charge is 2.45. The highest BCUT2D eigenvalue weighted by molar-refractivity contribution is 5.73. The summed E-state index contributed by atoms with van der Waals surface area (Å²) >= 11 is 0. The maximum atomic E-state index is 11.5. The molecule has 0 aromatic carbocycles. The average Bonchev–Trinajstić information content (AvgIpc) is 2.37. The Hall–Kier alpha value is -0.570. The summed E-state index contributed by atoms with van der Waals surface area (Å²) in [5.74, 6) is 1.14. The lowest BCUT2D eigenvalue weighted by Gasteiger charge is -2.31. The Morgan fingerprint density at radius 1 is 1.31 bits per heavy atom. The smallest absolute Gasteiger partial charge is 0.309 e. The van der Waals surface area contributed by atoms with E-state index in [1.807, 2.05) is 0 Å². The van der Waals surface area contributed by atoms with Gasteiger partial charge in [-0.25, -0.2) is 0 Å². The number of fused-ring (bicyclic) bond motifs is 2. The zero-order chi connectivity index (χ0) is 9.42. The van der Waals surface area contributed by atoms with Crippen LogP contribution in [0.4, 0.5) is 0 Å². The molecule has 3 heteroatoms. The monoisotopic (exact) mass is 183 g/mol. The molecule has 0 amide bonds. The number of ether oxygens (including phenoxy) is 1. The van der Waals surface area contributed by atoms with Crippen LogP contribution in [-0.2, 0) is 9.53 Å². The molecule has 0 aromatic heterocycles. The predicted octanol–water partition coefficient (Wildman–Crippen LogP) is 0.923. The molecule has 74 valence electrons. The third-order valence-electron chi connectivity index (χ3n) is 3.61. The molecule has 0 heterocycles. The van der Waals surface area contributed by atoms with E-state index in [9.17, 15) is 4.79 Å². The maximum absolute atomic E-state index is 11.5. The van der Waals surface area contributed by atoms with Crippen LogP contribution < -0.4 is 5.73 Å². The van der Waals surface area contributed by atoms with Crippen molar-refractivity contribution in [2.24, 2.45) is 23.5 Å². The predicted molar refractivity (Wildman–Crippen MR) is 48.9 cm³/mol. The number of hydrogen-bond donors (Lipinski definition) is 1. The van der Waals surface area contributed by atoms with Gasteiger partial charge >= 0.3 is 5.97 Å². The summed E-state index contributed by atoms with van der Waals surface area (Å²) in [5.41, 5.74) is 5.91. The molecule has 2 unspecified atom stereocenters. The van der Waals surface area contributed by atoms with Gasteiger partial charge in [0.1, 0.15) is 0 Å². The zero-order valence-corrected chi connectivity index (χ0v) is 8.03. The summed E-state index contributed by atoms with van der Waals surface area (Å²) in [6, 6.07) is 0.318. The molecule has 0 radical (unpaired) electrons. The van der Waals surface area contributed by atoms with Crippen molar-refractivity contribution in [3.63, 3.8) is 0 Å². The van der Waals surface area contributed by atoms with Crippen molar-refractivity contribution in [1.29, 1.82) is 0 Å². The average molecular weight is 183 g/mol. The Labute approximate surface area is 78.6 Å². The van der Waals surface area contributed by atoms with Crippen molar-refractivity contribution in [2.45, 2.75) is 31.7 Å². The van der Waals surface area contributed by atoms with E-state index in [1.165, 1.54) is 7.11 Å². The maximum Gasteiger partial charge on any atom is 0.309 e. The molecule has 2 bridgehead atoms. The van der Waals surface area contributed by atoms with Gasteiger partial charge in [-0.2, -0.15) is 0 Å². The summed E-state index contributed by atoms with van der Waals surface area (Å²) in [6.45, 7) is 0. The molecule has 2 atom stereocenters. The lowest BCUT2D eigenvalue weighted by Crippen LogP contribution is -2.38. The normalized spacial score (nSPS) is 43.2. The number of esters is 1. The molecule has 2 fully saturated rings. The molecule has 2 N–H and O–H groups in total. The molecule has 13 heavy (non-hydrogen) atoms. The largest absolute Gasteiger partial charge is 0.469 e. The fraction of sp³-hybridized carbons (Fsp3) is 0.900. The van der Waals surface area contributed by atoms with Crippen LogP contribution in [0.1, 0.15) is 25.7 Å². The third-order valence-corrected chi connectivity index (χ3v) is 3.61. The van der Waals surface area contributed by atoms with Crippen molar-refractivity contribution in [3.8, 4) is 0 Å². The Bertz CT molecular complexity index is 203. The van der Waals surface area contributed by atoms with E-state index in [1.54, 1.807) is 0 Å². The van der Waals surface area contributed by atoms with E-state index < -0.39 is 0 Å². The Balaban J connectivity index is 2.10. The lowest BCUT2D eigenvalue weighted by atomic mass is 9.76. The van der Waals surface area contributed by atoms with Crippen molar-refractivity contribution in [2.75, 3.05) is 7.11 Å². The van der Waals surface area contributed by atoms with E-state index in [2.05, 4.69) is 0 Å². The van der Waals surface area contributed by atoms with Gasteiger partial charge in [0.25, 0.3) is 0 Å². The fourth-order valence-corrected chi connectivity index (χ4v) is 3.10. The first-order chi connectivity index (χ1) is 6.22. The Morgan fingerprint density at radius 3 is 2.31 bits per heavy atom. The minimum Gasteiger partial charge on any atom is -0.469 e. The fourth-order valence-electron chi connectivity index (χ4n) is 3.10. The van der Waals surface area contributed by atoms with Crippen LogP contribution in [-0.4, -0.2) is 19.1 Å². The number of nitrogens with two attached hydrogens (primary N) is 1. The SMILES string of the molecule is COC(=O)C1C2CCC1CC(N)C2. The van der Waals surface area contributed by atoms with Gasteiger partial charge in [0.15, 0.2) is 0 Å². The molecule has 2 saturated carbocycles. The van der Waals surface area contributed by atoms with E-state index in [4.69, 9.17) is 10.5 Å². The van der Waals surface area contributed by atoms with Gasteiger partial charge in [0, 0.05) is 6.04 Å². The number of rotatable bonds is 1. The van der Waals surface area contributed by atoms with Crippen molar-refractivity contribution in [1.82, 2.24) is 0 Å².